The lowest BCUT2D eigenvalue weighted by Crippen LogP contribution is -2.40. The molecule has 0 radical (unpaired) electrons. The SMILES string of the molecule is O=C(Cc1ccoc1)N1CCC(Cn2ccnn2)CC1. The number of nitrogens with zero attached hydrogens (tertiary/aromatic N) is 4. The minimum absolute atomic E-state index is 0.186. The average Bonchev–Trinajstić information content (AvgIpc) is 3.13. The standard InChI is InChI=1S/C14H18N4O2/c19-14(9-13-3-8-20-11-13)17-5-1-12(2-6-17)10-18-7-4-15-16-18/h3-4,7-8,11-12H,1-2,5-6,9-10H2. The van der Waals surface area contributed by atoms with Crippen molar-refractivity contribution in [3.8, 4) is 0 Å². The molecule has 0 N–H and O–H groups in total. The number of hydrogen-bond donors (Lipinski definition) is 0. The Morgan fingerprint density at radius 2 is 2.25 bits per heavy atom. The fourth-order valence-corrected chi connectivity index (χ4v) is 2.64. The summed E-state index contributed by atoms with van der Waals surface area (Å²) in [6.45, 7) is 2.55. The minimum atomic E-state index is 0.186. The molecule has 0 bridgehead atoms. The van der Waals surface area contributed by atoms with Crippen molar-refractivity contribution in [2.45, 2.75) is 25.8 Å². The third kappa shape index (κ3) is 3.07. The van der Waals surface area contributed by atoms with Crippen molar-refractivity contribution in [1.29, 1.82) is 0 Å². The first-order valence-corrected chi connectivity index (χ1v) is 6.94. The van der Waals surface area contributed by atoms with Gasteiger partial charge in [-0.05, 0) is 30.4 Å². The van der Waals surface area contributed by atoms with Gasteiger partial charge >= 0.3 is 0 Å². The molecule has 0 aromatic carbocycles. The molecule has 0 saturated carbocycles. The van der Waals surface area contributed by atoms with Gasteiger partial charge < -0.3 is 9.32 Å². The Kier molecular flexibility index (Phi) is 3.80. The third-order valence-corrected chi connectivity index (χ3v) is 3.82. The molecule has 1 saturated heterocycles. The highest BCUT2D eigenvalue weighted by Crippen LogP contribution is 2.19. The Bertz CT molecular complexity index is 528. The third-order valence-electron chi connectivity index (χ3n) is 3.82. The van der Waals surface area contributed by atoms with Crippen molar-refractivity contribution in [3.05, 3.63) is 36.5 Å². The maximum Gasteiger partial charge on any atom is 0.227 e. The monoisotopic (exact) mass is 274 g/mol. The molecular weight excluding hydrogens is 256 g/mol. The molecule has 1 aliphatic rings. The van der Waals surface area contributed by atoms with E-state index in [-0.39, 0.29) is 5.91 Å². The van der Waals surface area contributed by atoms with Crippen LogP contribution in [-0.4, -0.2) is 38.9 Å². The second-order valence-corrected chi connectivity index (χ2v) is 5.26. The number of aromatic nitrogens is 3. The van der Waals surface area contributed by atoms with Crippen LogP contribution in [0.5, 0.6) is 0 Å². The van der Waals surface area contributed by atoms with E-state index in [1.165, 1.54) is 0 Å². The van der Waals surface area contributed by atoms with Crippen LogP contribution in [0.15, 0.2) is 35.4 Å². The fourth-order valence-electron chi connectivity index (χ4n) is 2.64. The highest BCUT2D eigenvalue weighted by Gasteiger charge is 2.23. The highest BCUT2D eigenvalue weighted by molar-refractivity contribution is 5.78. The number of furan rings is 1. The summed E-state index contributed by atoms with van der Waals surface area (Å²) in [5.41, 5.74) is 0.944. The summed E-state index contributed by atoms with van der Waals surface area (Å²) in [6.07, 6.45) is 9.31. The molecule has 0 unspecified atom stereocenters. The molecule has 0 spiro atoms. The lowest BCUT2D eigenvalue weighted by Gasteiger charge is -2.31. The van der Waals surface area contributed by atoms with Gasteiger partial charge in [-0.25, -0.2) is 0 Å². The molecule has 2 aromatic rings. The zero-order chi connectivity index (χ0) is 13.8. The van der Waals surface area contributed by atoms with Crippen molar-refractivity contribution in [2.75, 3.05) is 13.1 Å². The summed E-state index contributed by atoms with van der Waals surface area (Å²) in [5, 5.41) is 7.80. The second kappa shape index (κ2) is 5.90. The molecular formula is C14H18N4O2. The molecule has 2 aromatic heterocycles. The zero-order valence-corrected chi connectivity index (χ0v) is 11.3. The number of carbonyl (C=O) groups excluding carboxylic acids is 1. The zero-order valence-electron chi connectivity index (χ0n) is 11.3. The molecule has 106 valence electrons. The van der Waals surface area contributed by atoms with E-state index in [4.69, 9.17) is 4.42 Å². The normalized spacial score (nSPS) is 16.5. The van der Waals surface area contributed by atoms with Gasteiger partial charge in [0.1, 0.15) is 0 Å². The average molecular weight is 274 g/mol. The Labute approximate surface area is 117 Å². The van der Waals surface area contributed by atoms with Crippen molar-refractivity contribution in [2.24, 2.45) is 5.92 Å². The second-order valence-electron chi connectivity index (χ2n) is 5.26. The first-order chi connectivity index (χ1) is 9.81. The molecule has 1 amide bonds. The maximum absolute atomic E-state index is 12.1. The molecule has 0 atom stereocenters. The quantitative estimate of drug-likeness (QED) is 0.844. The fraction of sp³-hybridized carbons (Fsp3) is 0.500. The lowest BCUT2D eigenvalue weighted by molar-refractivity contribution is -0.131. The van der Waals surface area contributed by atoms with Crippen LogP contribution < -0.4 is 0 Å². The van der Waals surface area contributed by atoms with Gasteiger partial charge in [0, 0.05) is 25.8 Å². The van der Waals surface area contributed by atoms with E-state index >= 15 is 0 Å². The number of rotatable bonds is 4. The van der Waals surface area contributed by atoms with Crippen LogP contribution in [0.3, 0.4) is 0 Å². The van der Waals surface area contributed by atoms with E-state index in [9.17, 15) is 4.79 Å². The summed E-state index contributed by atoms with van der Waals surface area (Å²) in [5.74, 6) is 0.764. The molecule has 1 aliphatic heterocycles. The van der Waals surface area contributed by atoms with Gasteiger partial charge in [0.25, 0.3) is 0 Å². The van der Waals surface area contributed by atoms with Gasteiger partial charge in [-0.15, -0.1) is 5.10 Å². The smallest absolute Gasteiger partial charge is 0.227 e. The molecule has 3 rings (SSSR count). The predicted molar refractivity (Wildman–Crippen MR) is 71.7 cm³/mol. The first-order valence-electron chi connectivity index (χ1n) is 6.94. The van der Waals surface area contributed by atoms with Crippen LogP contribution >= 0.6 is 0 Å². The Balaban J connectivity index is 1.47. The minimum Gasteiger partial charge on any atom is -0.472 e. The van der Waals surface area contributed by atoms with Crippen LogP contribution in [0.25, 0.3) is 0 Å². The van der Waals surface area contributed by atoms with E-state index in [2.05, 4.69) is 10.3 Å². The Morgan fingerprint density at radius 1 is 1.40 bits per heavy atom. The van der Waals surface area contributed by atoms with E-state index in [0.29, 0.717) is 12.3 Å². The van der Waals surface area contributed by atoms with Gasteiger partial charge in [-0.3, -0.25) is 9.48 Å². The summed E-state index contributed by atoms with van der Waals surface area (Å²) in [4.78, 5) is 14.1. The topological polar surface area (TPSA) is 64.2 Å². The molecule has 3 heterocycles. The van der Waals surface area contributed by atoms with Crippen molar-refractivity contribution in [3.63, 3.8) is 0 Å². The largest absolute Gasteiger partial charge is 0.472 e. The van der Waals surface area contributed by atoms with Gasteiger partial charge in [-0.1, -0.05) is 5.21 Å². The summed E-state index contributed by atoms with van der Waals surface area (Å²) in [7, 11) is 0. The van der Waals surface area contributed by atoms with Crippen LogP contribution in [0.1, 0.15) is 18.4 Å². The van der Waals surface area contributed by atoms with Gasteiger partial charge in [0.05, 0.1) is 25.1 Å². The van der Waals surface area contributed by atoms with Gasteiger partial charge in [0.15, 0.2) is 0 Å². The lowest BCUT2D eigenvalue weighted by atomic mass is 9.96. The van der Waals surface area contributed by atoms with E-state index in [1.807, 2.05) is 21.8 Å². The Morgan fingerprint density at radius 3 is 2.90 bits per heavy atom. The van der Waals surface area contributed by atoms with Gasteiger partial charge in [0.2, 0.25) is 5.91 Å². The molecule has 1 fully saturated rings. The highest BCUT2D eigenvalue weighted by atomic mass is 16.3. The molecule has 6 heteroatoms. The summed E-state index contributed by atoms with van der Waals surface area (Å²) < 4.78 is 6.86. The maximum atomic E-state index is 12.1. The number of amides is 1. The van der Waals surface area contributed by atoms with Crippen LogP contribution in [0, 0.1) is 5.92 Å². The van der Waals surface area contributed by atoms with Crippen LogP contribution in [0.2, 0.25) is 0 Å². The first kappa shape index (κ1) is 12.9. The number of hydrogen-bond acceptors (Lipinski definition) is 4. The summed E-state index contributed by atoms with van der Waals surface area (Å²) in [6, 6.07) is 1.84. The van der Waals surface area contributed by atoms with Crippen molar-refractivity contribution in [1.82, 2.24) is 19.9 Å². The molecule has 20 heavy (non-hydrogen) atoms. The predicted octanol–water partition coefficient (Wildman–Crippen LogP) is 1.35. The van der Waals surface area contributed by atoms with E-state index in [0.717, 1.165) is 38.0 Å². The molecule has 0 aliphatic carbocycles. The number of piperidine rings is 1. The van der Waals surface area contributed by atoms with E-state index in [1.54, 1.807) is 18.7 Å². The molecule has 6 nitrogen and oxygen atoms in total. The van der Waals surface area contributed by atoms with E-state index < -0.39 is 0 Å². The van der Waals surface area contributed by atoms with Crippen LogP contribution in [0.4, 0.5) is 0 Å². The van der Waals surface area contributed by atoms with Crippen molar-refractivity contribution >= 4 is 5.91 Å². The number of likely N-dealkylation sites (tertiary alicyclic amines) is 1. The summed E-state index contributed by atoms with van der Waals surface area (Å²) >= 11 is 0. The Hall–Kier alpha value is -2.11. The van der Waals surface area contributed by atoms with Gasteiger partial charge in [-0.2, -0.15) is 0 Å². The van der Waals surface area contributed by atoms with Crippen LogP contribution in [-0.2, 0) is 17.8 Å². The van der Waals surface area contributed by atoms with Crippen molar-refractivity contribution < 1.29 is 9.21 Å². The number of carbonyl (C=O) groups is 1.